The number of nitrogens with zero attached hydrogens (tertiary/aromatic N) is 2. The van der Waals surface area contributed by atoms with Crippen LogP contribution in [0.1, 0.15) is 17.3 Å². The van der Waals surface area contributed by atoms with E-state index in [2.05, 4.69) is 4.99 Å². The lowest BCUT2D eigenvalue weighted by atomic mass is 10.2. The van der Waals surface area contributed by atoms with E-state index >= 15 is 0 Å². The van der Waals surface area contributed by atoms with Gasteiger partial charge in [0.2, 0.25) is 0 Å². The van der Waals surface area contributed by atoms with Gasteiger partial charge in [0.1, 0.15) is 5.75 Å². The molecule has 1 amide bonds. The molecule has 2 aromatic carbocycles. The van der Waals surface area contributed by atoms with Gasteiger partial charge >= 0.3 is 0 Å². The number of hydrogen-bond acceptors (Lipinski definition) is 6. The van der Waals surface area contributed by atoms with Gasteiger partial charge in [-0.3, -0.25) is 4.79 Å². The minimum atomic E-state index is -3.31. The van der Waals surface area contributed by atoms with Crippen LogP contribution in [0, 0.1) is 0 Å². The van der Waals surface area contributed by atoms with Crippen LogP contribution in [0.25, 0.3) is 10.2 Å². The SMILES string of the molecule is CCOc1ccc(C(=O)N=c2sc3cc(S(C)(=O)=O)ccc3n2CCSC)cc1. The van der Waals surface area contributed by atoms with Crippen molar-refractivity contribution in [3.63, 3.8) is 0 Å². The normalized spacial score (nSPS) is 12.4. The Labute approximate surface area is 178 Å². The third-order valence-corrected chi connectivity index (χ3v) is 6.95. The van der Waals surface area contributed by atoms with E-state index in [9.17, 15) is 13.2 Å². The maximum Gasteiger partial charge on any atom is 0.279 e. The summed E-state index contributed by atoms with van der Waals surface area (Å²) in [5.74, 6) is 1.21. The molecular formula is C20H22N2O4S3. The number of fused-ring (bicyclic) bond motifs is 1. The van der Waals surface area contributed by atoms with Crippen LogP contribution < -0.4 is 9.54 Å². The van der Waals surface area contributed by atoms with Crippen molar-refractivity contribution in [2.75, 3.05) is 24.9 Å². The number of rotatable bonds is 7. The standard InChI is InChI=1S/C20H22N2O4S3/c1-4-26-15-7-5-14(6-8-15)19(23)21-20-22(11-12-27-2)17-10-9-16(29(3,24)25)13-18(17)28-20/h5-10,13H,4,11-12H2,1-3H3. The third-order valence-electron chi connectivity index (χ3n) is 4.21. The lowest BCUT2D eigenvalue weighted by Crippen LogP contribution is -2.18. The second-order valence-corrected chi connectivity index (χ2v) is 10.3. The number of carbonyl (C=O) groups is 1. The number of sulfone groups is 1. The molecule has 1 aromatic heterocycles. The van der Waals surface area contributed by atoms with E-state index in [1.54, 1.807) is 54.2 Å². The van der Waals surface area contributed by atoms with Crippen molar-refractivity contribution in [2.45, 2.75) is 18.4 Å². The second kappa shape index (κ2) is 9.15. The highest BCUT2D eigenvalue weighted by Crippen LogP contribution is 2.22. The zero-order chi connectivity index (χ0) is 21.0. The molecule has 0 aliphatic heterocycles. The summed E-state index contributed by atoms with van der Waals surface area (Å²) in [6, 6.07) is 11.9. The van der Waals surface area contributed by atoms with Gasteiger partial charge in [-0.1, -0.05) is 11.3 Å². The molecule has 0 radical (unpaired) electrons. The molecule has 0 saturated carbocycles. The first-order chi connectivity index (χ1) is 13.8. The van der Waals surface area contributed by atoms with Crippen molar-refractivity contribution in [1.29, 1.82) is 0 Å². The lowest BCUT2D eigenvalue weighted by molar-refractivity contribution is 0.0998. The lowest BCUT2D eigenvalue weighted by Gasteiger charge is -2.05. The number of hydrogen-bond donors (Lipinski definition) is 0. The molecule has 0 bridgehead atoms. The Balaban J connectivity index is 2.06. The summed E-state index contributed by atoms with van der Waals surface area (Å²) >= 11 is 3.01. The van der Waals surface area contributed by atoms with Gasteiger partial charge in [-0.05, 0) is 55.6 Å². The van der Waals surface area contributed by atoms with Gasteiger partial charge in [0.15, 0.2) is 14.6 Å². The summed E-state index contributed by atoms with van der Waals surface area (Å²) in [4.78, 5) is 17.8. The van der Waals surface area contributed by atoms with Crippen LogP contribution in [-0.4, -0.2) is 43.8 Å². The first-order valence-corrected chi connectivity index (χ1v) is 13.1. The molecule has 0 spiro atoms. The summed E-state index contributed by atoms with van der Waals surface area (Å²) in [6.45, 7) is 3.14. The zero-order valence-electron chi connectivity index (χ0n) is 16.4. The van der Waals surface area contributed by atoms with Gasteiger partial charge in [0.05, 0.1) is 21.7 Å². The number of thioether (sulfide) groups is 1. The number of ether oxygens (including phenoxy) is 1. The van der Waals surface area contributed by atoms with Crippen molar-refractivity contribution in [2.24, 2.45) is 4.99 Å². The number of amides is 1. The summed E-state index contributed by atoms with van der Waals surface area (Å²) < 4.78 is 31.9. The van der Waals surface area contributed by atoms with Gasteiger partial charge < -0.3 is 9.30 Å². The number of aryl methyl sites for hydroxylation is 1. The number of benzene rings is 2. The Morgan fingerprint density at radius 3 is 2.55 bits per heavy atom. The quantitative estimate of drug-likeness (QED) is 0.550. The number of carbonyl (C=O) groups excluding carboxylic acids is 1. The van der Waals surface area contributed by atoms with Crippen molar-refractivity contribution in [1.82, 2.24) is 4.57 Å². The van der Waals surface area contributed by atoms with Crippen LogP contribution in [0.15, 0.2) is 52.4 Å². The fraction of sp³-hybridized carbons (Fsp3) is 0.300. The minimum Gasteiger partial charge on any atom is -0.494 e. The van der Waals surface area contributed by atoms with Gasteiger partial charge in [0.25, 0.3) is 5.91 Å². The fourth-order valence-corrected chi connectivity index (χ4v) is 4.96. The van der Waals surface area contributed by atoms with E-state index < -0.39 is 9.84 Å². The summed E-state index contributed by atoms with van der Waals surface area (Å²) in [5.41, 5.74) is 1.34. The highest BCUT2D eigenvalue weighted by molar-refractivity contribution is 7.98. The molecule has 6 nitrogen and oxygen atoms in total. The molecule has 0 N–H and O–H groups in total. The topological polar surface area (TPSA) is 77.7 Å². The van der Waals surface area contributed by atoms with Crippen LogP contribution >= 0.6 is 23.1 Å². The summed E-state index contributed by atoms with van der Waals surface area (Å²) in [5, 5.41) is 0. The highest BCUT2D eigenvalue weighted by Gasteiger charge is 2.13. The molecule has 0 fully saturated rings. The monoisotopic (exact) mass is 450 g/mol. The summed E-state index contributed by atoms with van der Waals surface area (Å²) in [6.07, 6.45) is 3.20. The van der Waals surface area contributed by atoms with E-state index in [1.807, 2.05) is 17.7 Å². The Bertz CT molecular complexity index is 1190. The second-order valence-electron chi connectivity index (χ2n) is 6.31. The van der Waals surface area contributed by atoms with Crippen molar-refractivity contribution in [3.05, 3.63) is 52.8 Å². The van der Waals surface area contributed by atoms with Crippen LogP contribution in [0.3, 0.4) is 0 Å². The van der Waals surface area contributed by atoms with Crippen LogP contribution in [0.2, 0.25) is 0 Å². The maximum absolute atomic E-state index is 12.7. The Morgan fingerprint density at radius 1 is 1.21 bits per heavy atom. The van der Waals surface area contributed by atoms with E-state index in [4.69, 9.17) is 4.74 Å². The molecule has 0 saturated heterocycles. The zero-order valence-corrected chi connectivity index (χ0v) is 18.9. The average molecular weight is 451 g/mol. The van der Waals surface area contributed by atoms with Gasteiger partial charge in [-0.15, -0.1) is 0 Å². The molecule has 3 rings (SSSR count). The van der Waals surface area contributed by atoms with E-state index in [-0.39, 0.29) is 10.8 Å². The molecule has 29 heavy (non-hydrogen) atoms. The first kappa shape index (κ1) is 21.6. The first-order valence-electron chi connectivity index (χ1n) is 8.97. The predicted octanol–water partition coefficient (Wildman–Crippen LogP) is 3.61. The smallest absolute Gasteiger partial charge is 0.279 e. The van der Waals surface area contributed by atoms with Crippen molar-refractivity contribution < 1.29 is 17.9 Å². The molecule has 9 heteroatoms. The molecular weight excluding hydrogens is 428 g/mol. The molecule has 0 aliphatic rings. The van der Waals surface area contributed by atoms with E-state index in [0.29, 0.717) is 29.3 Å². The Morgan fingerprint density at radius 2 is 1.93 bits per heavy atom. The largest absolute Gasteiger partial charge is 0.494 e. The van der Waals surface area contributed by atoms with Crippen molar-refractivity contribution >= 4 is 49.1 Å². The Hall–Kier alpha value is -2.10. The average Bonchev–Trinajstić information content (AvgIpc) is 3.02. The number of thiazole rings is 1. The number of aromatic nitrogens is 1. The Kier molecular flexibility index (Phi) is 6.81. The molecule has 0 unspecified atom stereocenters. The van der Waals surface area contributed by atoms with Crippen molar-refractivity contribution in [3.8, 4) is 5.75 Å². The van der Waals surface area contributed by atoms with Gasteiger partial charge in [-0.25, -0.2) is 8.42 Å². The van der Waals surface area contributed by atoms with E-state index in [1.165, 1.54) is 17.6 Å². The molecule has 0 aliphatic carbocycles. The summed E-state index contributed by atoms with van der Waals surface area (Å²) in [7, 11) is -3.31. The molecule has 154 valence electrons. The molecule has 0 atom stereocenters. The third kappa shape index (κ3) is 5.09. The van der Waals surface area contributed by atoms with E-state index in [0.717, 1.165) is 16.0 Å². The molecule has 3 aromatic rings. The van der Waals surface area contributed by atoms with Crippen LogP contribution in [-0.2, 0) is 16.4 Å². The minimum absolute atomic E-state index is 0.257. The van der Waals surface area contributed by atoms with Gasteiger partial charge in [-0.2, -0.15) is 16.8 Å². The van der Waals surface area contributed by atoms with Gasteiger partial charge in [0, 0.05) is 24.1 Å². The molecule has 1 heterocycles. The highest BCUT2D eigenvalue weighted by atomic mass is 32.2. The fourth-order valence-electron chi connectivity index (χ4n) is 2.78. The maximum atomic E-state index is 12.7. The predicted molar refractivity (Wildman–Crippen MR) is 119 cm³/mol. The van der Waals surface area contributed by atoms with Crippen LogP contribution in [0.4, 0.5) is 0 Å². The van der Waals surface area contributed by atoms with Crippen LogP contribution in [0.5, 0.6) is 5.75 Å².